The summed E-state index contributed by atoms with van der Waals surface area (Å²) in [5.74, 6) is 0.245. The maximum atomic E-state index is 13.2. The highest BCUT2D eigenvalue weighted by Gasteiger charge is 2.30. The van der Waals surface area contributed by atoms with E-state index in [1.807, 2.05) is 45.5 Å². The second kappa shape index (κ2) is 10.3. The van der Waals surface area contributed by atoms with E-state index in [1.54, 1.807) is 4.90 Å². The Hall–Kier alpha value is -2.74. The molecule has 8 heteroatoms. The minimum absolute atomic E-state index is 0.0591. The van der Waals surface area contributed by atoms with Crippen molar-refractivity contribution in [2.45, 2.75) is 51.5 Å². The van der Waals surface area contributed by atoms with Crippen LogP contribution < -0.4 is 4.90 Å². The first kappa shape index (κ1) is 22.5. The van der Waals surface area contributed by atoms with Crippen molar-refractivity contribution in [1.82, 2.24) is 14.8 Å². The summed E-state index contributed by atoms with van der Waals surface area (Å²) in [7, 11) is 0. The van der Waals surface area contributed by atoms with Gasteiger partial charge in [-0.05, 0) is 37.8 Å². The van der Waals surface area contributed by atoms with Crippen molar-refractivity contribution in [3.8, 4) is 0 Å². The Morgan fingerprint density at radius 3 is 2.56 bits per heavy atom. The zero-order valence-corrected chi connectivity index (χ0v) is 19.4. The van der Waals surface area contributed by atoms with Crippen LogP contribution in [0, 0.1) is 0 Å². The fourth-order valence-corrected chi connectivity index (χ4v) is 5.37. The zero-order valence-electron chi connectivity index (χ0n) is 18.5. The van der Waals surface area contributed by atoms with E-state index in [0.717, 1.165) is 31.4 Å². The van der Waals surface area contributed by atoms with Gasteiger partial charge in [0.25, 0.3) is 5.91 Å². The summed E-state index contributed by atoms with van der Waals surface area (Å²) in [6.07, 6.45) is 4.15. The number of hydrogen-bond acceptors (Lipinski definition) is 5. The van der Waals surface area contributed by atoms with Crippen molar-refractivity contribution in [2.24, 2.45) is 0 Å². The van der Waals surface area contributed by atoms with Gasteiger partial charge < -0.3 is 9.80 Å². The molecule has 32 heavy (non-hydrogen) atoms. The van der Waals surface area contributed by atoms with Crippen LogP contribution in [0.25, 0.3) is 0 Å². The van der Waals surface area contributed by atoms with Gasteiger partial charge in [-0.15, -0.1) is 11.3 Å². The Balaban J connectivity index is 1.35. The van der Waals surface area contributed by atoms with Gasteiger partial charge in [-0.3, -0.25) is 19.3 Å². The van der Waals surface area contributed by atoms with Crippen LogP contribution in [0.15, 0.2) is 35.7 Å². The highest BCUT2D eigenvalue weighted by Crippen LogP contribution is 2.26. The Morgan fingerprint density at radius 1 is 1.16 bits per heavy atom. The van der Waals surface area contributed by atoms with Crippen LogP contribution in [0.3, 0.4) is 0 Å². The van der Waals surface area contributed by atoms with E-state index in [1.165, 1.54) is 11.3 Å². The van der Waals surface area contributed by atoms with Gasteiger partial charge >= 0.3 is 0 Å². The normalized spacial score (nSPS) is 17.1. The highest BCUT2D eigenvalue weighted by atomic mass is 32.1. The molecule has 0 radical (unpaired) electrons. The van der Waals surface area contributed by atoms with Crippen molar-refractivity contribution in [3.63, 3.8) is 0 Å². The first-order valence-electron chi connectivity index (χ1n) is 11.5. The van der Waals surface area contributed by atoms with Gasteiger partial charge in [0.2, 0.25) is 11.8 Å². The minimum atomic E-state index is 0.0591. The van der Waals surface area contributed by atoms with Gasteiger partial charge in [0, 0.05) is 49.6 Å². The third-order valence-electron chi connectivity index (χ3n) is 6.17. The predicted octanol–water partition coefficient (Wildman–Crippen LogP) is 3.36. The van der Waals surface area contributed by atoms with Gasteiger partial charge in [-0.25, -0.2) is 4.98 Å². The molecule has 2 aromatic rings. The number of thiazole rings is 1. The lowest BCUT2D eigenvalue weighted by molar-refractivity contribution is -0.133. The molecular formula is C24H30N4O3S. The Labute approximate surface area is 193 Å². The van der Waals surface area contributed by atoms with Crippen LogP contribution in [0.5, 0.6) is 0 Å². The molecule has 3 heterocycles. The first-order valence-corrected chi connectivity index (χ1v) is 12.3. The maximum absolute atomic E-state index is 13.2. The summed E-state index contributed by atoms with van der Waals surface area (Å²) in [6.45, 7) is 4.81. The van der Waals surface area contributed by atoms with E-state index < -0.39 is 0 Å². The summed E-state index contributed by atoms with van der Waals surface area (Å²) in [4.78, 5) is 48.0. The molecule has 170 valence electrons. The molecule has 2 aliphatic rings. The number of rotatable bonds is 7. The number of anilines is 1. The number of piperidine rings is 1. The summed E-state index contributed by atoms with van der Waals surface area (Å²) < 4.78 is 0. The standard InChI is InChI=1S/C24H30N4O3S/c1-2-12-27(20-10-14-26(15-11-20)23(31)18-7-4-3-5-8-18)22(30)16-19-17-32-24(25-19)28-13-6-9-21(28)29/h3-5,7-8,17,20H,2,6,9-16H2,1H3. The van der Waals surface area contributed by atoms with Gasteiger partial charge in [-0.2, -0.15) is 0 Å². The maximum Gasteiger partial charge on any atom is 0.253 e. The van der Waals surface area contributed by atoms with Crippen molar-refractivity contribution >= 4 is 34.2 Å². The second-order valence-corrected chi connectivity index (χ2v) is 9.26. The fraction of sp³-hybridized carbons (Fsp3) is 0.500. The van der Waals surface area contributed by atoms with E-state index in [2.05, 4.69) is 11.9 Å². The summed E-state index contributed by atoms with van der Waals surface area (Å²) >= 11 is 1.43. The number of benzene rings is 1. The SMILES string of the molecule is CCCN(C(=O)Cc1csc(N2CCCC2=O)n1)C1CCN(C(=O)c2ccccc2)CC1. The molecule has 0 spiro atoms. The van der Waals surface area contributed by atoms with Crippen LogP contribution in [-0.4, -0.2) is 64.7 Å². The van der Waals surface area contributed by atoms with Crippen molar-refractivity contribution < 1.29 is 14.4 Å². The van der Waals surface area contributed by atoms with Gasteiger partial charge in [-0.1, -0.05) is 25.1 Å². The van der Waals surface area contributed by atoms with Gasteiger partial charge in [0.15, 0.2) is 5.13 Å². The summed E-state index contributed by atoms with van der Waals surface area (Å²) in [5, 5.41) is 2.59. The molecule has 0 atom stereocenters. The number of aromatic nitrogens is 1. The van der Waals surface area contributed by atoms with E-state index in [9.17, 15) is 14.4 Å². The topological polar surface area (TPSA) is 73.8 Å². The molecule has 0 N–H and O–H groups in total. The lowest BCUT2D eigenvalue weighted by Gasteiger charge is -2.38. The lowest BCUT2D eigenvalue weighted by atomic mass is 10.0. The second-order valence-electron chi connectivity index (χ2n) is 8.42. The molecule has 0 saturated carbocycles. The number of hydrogen-bond donors (Lipinski definition) is 0. The molecule has 4 rings (SSSR count). The summed E-state index contributed by atoms with van der Waals surface area (Å²) in [5.41, 5.74) is 1.44. The van der Waals surface area contributed by atoms with E-state index >= 15 is 0 Å². The van der Waals surface area contributed by atoms with Crippen LogP contribution in [-0.2, 0) is 16.0 Å². The third kappa shape index (κ3) is 5.01. The molecule has 0 unspecified atom stereocenters. The molecule has 1 aromatic heterocycles. The number of carbonyl (C=O) groups is 3. The predicted molar refractivity (Wildman–Crippen MR) is 125 cm³/mol. The third-order valence-corrected chi connectivity index (χ3v) is 7.09. The van der Waals surface area contributed by atoms with Gasteiger partial charge in [0.1, 0.15) is 0 Å². The fourth-order valence-electron chi connectivity index (χ4n) is 4.50. The molecule has 3 amide bonds. The monoisotopic (exact) mass is 454 g/mol. The van der Waals surface area contributed by atoms with E-state index in [0.29, 0.717) is 43.3 Å². The van der Waals surface area contributed by atoms with Crippen molar-refractivity contribution in [1.29, 1.82) is 0 Å². The highest BCUT2D eigenvalue weighted by molar-refractivity contribution is 7.14. The van der Waals surface area contributed by atoms with Crippen LogP contribution >= 0.6 is 11.3 Å². The van der Waals surface area contributed by atoms with Crippen LogP contribution in [0.1, 0.15) is 55.1 Å². The smallest absolute Gasteiger partial charge is 0.253 e. The molecule has 1 aromatic carbocycles. The molecular weight excluding hydrogens is 424 g/mol. The Morgan fingerprint density at radius 2 is 1.91 bits per heavy atom. The average molecular weight is 455 g/mol. The Bertz CT molecular complexity index is 953. The zero-order chi connectivity index (χ0) is 22.5. The van der Waals surface area contributed by atoms with Crippen LogP contribution in [0.4, 0.5) is 5.13 Å². The molecule has 0 bridgehead atoms. The molecule has 0 aliphatic carbocycles. The first-order chi connectivity index (χ1) is 15.6. The summed E-state index contributed by atoms with van der Waals surface area (Å²) in [6, 6.07) is 9.50. The minimum Gasteiger partial charge on any atom is -0.339 e. The largest absolute Gasteiger partial charge is 0.339 e. The molecule has 2 saturated heterocycles. The van der Waals surface area contributed by atoms with Crippen molar-refractivity contribution in [2.75, 3.05) is 31.1 Å². The number of amides is 3. The van der Waals surface area contributed by atoms with E-state index in [-0.39, 0.29) is 30.2 Å². The average Bonchev–Trinajstić information content (AvgIpc) is 3.46. The molecule has 2 aliphatic heterocycles. The number of nitrogens with zero attached hydrogens (tertiary/aromatic N) is 4. The number of likely N-dealkylation sites (tertiary alicyclic amines) is 1. The lowest BCUT2D eigenvalue weighted by Crippen LogP contribution is -2.49. The quantitative estimate of drug-likeness (QED) is 0.643. The van der Waals surface area contributed by atoms with Crippen LogP contribution in [0.2, 0.25) is 0 Å². The molecule has 7 nitrogen and oxygen atoms in total. The number of carbonyl (C=O) groups excluding carboxylic acids is 3. The van der Waals surface area contributed by atoms with Crippen molar-refractivity contribution in [3.05, 3.63) is 47.0 Å². The van der Waals surface area contributed by atoms with E-state index in [4.69, 9.17) is 0 Å². The van der Waals surface area contributed by atoms with Gasteiger partial charge in [0.05, 0.1) is 12.1 Å². The Kier molecular flexibility index (Phi) is 7.19. The molecule has 2 fully saturated rings.